The monoisotopic (exact) mass is 240 g/mol. The topological polar surface area (TPSA) is 29.3 Å². The van der Waals surface area contributed by atoms with Gasteiger partial charge in [0.15, 0.2) is 0 Å². The fourth-order valence-corrected chi connectivity index (χ4v) is 2.01. The minimum Gasteiger partial charge on any atom is -0.373 e. The number of rotatable bonds is 4. The van der Waals surface area contributed by atoms with Gasteiger partial charge in [-0.2, -0.15) is 0 Å². The maximum absolute atomic E-state index is 6.22. The van der Waals surface area contributed by atoms with Crippen molar-refractivity contribution in [3.63, 3.8) is 0 Å². The average molecular weight is 240 g/mol. The lowest BCUT2D eigenvalue weighted by Crippen LogP contribution is -2.28. The van der Waals surface area contributed by atoms with E-state index in [1.54, 1.807) is 0 Å². The molecular formula is C16H20N2. The zero-order valence-corrected chi connectivity index (χ0v) is 11.0. The van der Waals surface area contributed by atoms with Gasteiger partial charge in [-0.25, -0.2) is 0 Å². The van der Waals surface area contributed by atoms with Crippen LogP contribution in [0.1, 0.15) is 17.2 Å². The van der Waals surface area contributed by atoms with E-state index in [1.165, 1.54) is 16.8 Å². The van der Waals surface area contributed by atoms with Crippen molar-refractivity contribution in [2.75, 3.05) is 18.5 Å². The second-order valence-electron chi connectivity index (χ2n) is 4.73. The molecule has 0 aromatic heterocycles. The Hall–Kier alpha value is -1.80. The Labute approximate surface area is 109 Å². The second-order valence-corrected chi connectivity index (χ2v) is 4.73. The third-order valence-electron chi connectivity index (χ3n) is 3.17. The summed E-state index contributed by atoms with van der Waals surface area (Å²) in [6.07, 6.45) is 0. The molecule has 0 amide bonds. The fraction of sp³-hybridized carbons (Fsp3) is 0.250. The Morgan fingerprint density at radius 3 is 2.22 bits per heavy atom. The molecular weight excluding hydrogens is 220 g/mol. The van der Waals surface area contributed by atoms with E-state index in [-0.39, 0.29) is 6.04 Å². The van der Waals surface area contributed by atoms with Crippen molar-refractivity contribution in [2.24, 2.45) is 5.73 Å². The van der Waals surface area contributed by atoms with Gasteiger partial charge in [-0.15, -0.1) is 0 Å². The van der Waals surface area contributed by atoms with Crippen LogP contribution in [0.3, 0.4) is 0 Å². The molecule has 2 nitrogen and oxygen atoms in total. The van der Waals surface area contributed by atoms with E-state index in [0.717, 1.165) is 6.54 Å². The summed E-state index contributed by atoms with van der Waals surface area (Å²) in [5.74, 6) is 0. The van der Waals surface area contributed by atoms with Crippen molar-refractivity contribution in [1.29, 1.82) is 0 Å². The van der Waals surface area contributed by atoms with Gasteiger partial charge in [0.25, 0.3) is 0 Å². The van der Waals surface area contributed by atoms with E-state index < -0.39 is 0 Å². The van der Waals surface area contributed by atoms with Crippen LogP contribution in [0.15, 0.2) is 54.6 Å². The SMILES string of the molecule is Cc1ccc(N(C)CC(N)c2ccccc2)cc1. The highest BCUT2D eigenvalue weighted by atomic mass is 15.1. The average Bonchev–Trinajstić information content (AvgIpc) is 2.40. The summed E-state index contributed by atoms with van der Waals surface area (Å²) >= 11 is 0. The summed E-state index contributed by atoms with van der Waals surface area (Å²) in [5, 5.41) is 0. The lowest BCUT2D eigenvalue weighted by atomic mass is 10.1. The fourth-order valence-electron chi connectivity index (χ4n) is 2.01. The summed E-state index contributed by atoms with van der Waals surface area (Å²) in [6.45, 7) is 2.91. The molecule has 1 unspecified atom stereocenters. The zero-order valence-electron chi connectivity index (χ0n) is 11.0. The van der Waals surface area contributed by atoms with Crippen molar-refractivity contribution in [3.05, 3.63) is 65.7 Å². The minimum atomic E-state index is 0.0394. The predicted octanol–water partition coefficient (Wildman–Crippen LogP) is 3.13. The molecule has 2 heteroatoms. The quantitative estimate of drug-likeness (QED) is 0.889. The second kappa shape index (κ2) is 5.69. The summed E-state index contributed by atoms with van der Waals surface area (Å²) in [4.78, 5) is 2.19. The van der Waals surface area contributed by atoms with Crippen molar-refractivity contribution >= 4 is 5.69 Å². The van der Waals surface area contributed by atoms with Crippen LogP contribution in [0.5, 0.6) is 0 Å². The first-order valence-electron chi connectivity index (χ1n) is 6.25. The van der Waals surface area contributed by atoms with E-state index in [2.05, 4.69) is 55.3 Å². The van der Waals surface area contributed by atoms with Gasteiger partial charge in [0, 0.05) is 25.3 Å². The lowest BCUT2D eigenvalue weighted by Gasteiger charge is -2.23. The predicted molar refractivity (Wildman–Crippen MR) is 77.8 cm³/mol. The molecule has 0 aliphatic heterocycles. The molecule has 2 aromatic rings. The molecule has 2 N–H and O–H groups in total. The Kier molecular flexibility index (Phi) is 4.00. The van der Waals surface area contributed by atoms with Gasteiger partial charge in [0.05, 0.1) is 0 Å². The van der Waals surface area contributed by atoms with Crippen LogP contribution in [0, 0.1) is 6.92 Å². The normalized spacial score (nSPS) is 12.2. The lowest BCUT2D eigenvalue weighted by molar-refractivity contribution is 0.703. The largest absolute Gasteiger partial charge is 0.373 e. The molecule has 0 aliphatic carbocycles. The van der Waals surface area contributed by atoms with Crippen LogP contribution in [-0.4, -0.2) is 13.6 Å². The molecule has 0 bridgehead atoms. The van der Waals surface area contributed by atoms with Gasteiger partial charge < -0.3 is 10.6 Å². The molecule has 0 radical (unpaired) electrons. The van der Waals surface area contributed by atoms with Crippen LogP contribution in [0.2, 0.25) is 0 Å². The number of hydrogen-bond acceptors (Lipinski definition) is 2. The van der Waals surface area contributed by atoms with Crippen LogP contribution < -0.4 is 10.6 Å². The van der Waals surface area contributed by atoms with E-state index in [9.17, 15) is 0 Å². The van der Waals surface area contributed by atoms with Crippen LogP contribution in [0.25, 0.3) is 0 Å². The Balaban J connectivity index is 2.03. The van der Waals surface area contributed by atoms with Crippen LogP contribution >= 0.6 is 0 Å². The number of anilines is 1. The minimum absolute atomic E-state index is 0.0394. The number of nitrogens with zero attached hydrogens (tertiary/aromatic N) is 1. The van der Waals surface area contributed by atoms with Crippen molar-refractivity contribution in [1.82, 2.24) is 0 Å². The molecule has 0 spiro atoms. The van der Waals surface area contributed by atoms with Gasteiger partial charge in [-0.05, 0) is 24.6 Å². The maximum atomic E-state index is 6.22. The first kappa shape index (κ1) is 12.7. The molecule has 0 heterocycles. The van der Waals surface area contributed by atoms with Gasteiger partial charge in [-0.1, -0.05) is 48.0 Å². The molecule has 0 saturated carbocycles. The first-order valence-corrected chi connectivity index (χ1v) is 6.25. The molecule has 0 aliphatic rings. The third kappa shape index (κ3) is 3.11. The highest BCUT2D eigenvalue weighted by Crippen LogP contribution is 2.17. The Morgan fingerprint density at radius 1 is 1.00 bits per heavy atom. The number of aryl methyl sites for hydroxylation is 1. The number of likely N-dealkylation sites (N-methyl/N-ethyl adjacent to an activating group) is 1. The molecule has 2 rings (SSSR count). The van der Waals surface area contributed by atoms with E-state index in [1.807, 2.05) is 18.2 Å². The van der Waals surface area contributed by atoms with Crippen molar-refractivity contribution in [2.45, 2.75) is 13.0 Å². The number of nitrogens with two attached hydrogens (primary N) is 1. The number of hydrogen-bond donors (Lipinski definition) is 1. The number of benzene rings is 2. The van der Waals surface area contributed by atoms with Crippen molar-refractivity contribution in [3.8, 4) is 0 Å². The molecule has 0 saturated heterocycles. The zero-order chi connectivity index (χ0) is 13.0. The molecule has 1 atom stereocenters. The van der Waals surface area contributed by atoms with Crippen LogP contribution in [0.4, 0.5) is 5.69 Å². The Bertz CT molecular complexity index is 476. The first-order chi connectivity index (χ1) is 8.66. The maximum Gasteiger partial charge on any atom is 0.0473 e. The van der Waals surface area contributed by atoms with E-state index in [0.29, 0.717) is 0 Å². The van der Waals surface area contributed by atoms with Gasteiger partial charge in [0.2, 0.25) is 0 Å². The van der Waals surface area contributed by atoms with Crippen LogP contribution in [-0.2, 0) is 0 Å². The van der Waals surface area contributed by atoms with E-state index in [4.69, 9.17) is 5.73 Å². The highest BCUT2D eigenvalue weighted by molar-refractivity contribution is 5.47. The molecule has 2 aromatic carbocycles. The summed E-state index contributed by atoms with van der Waals surface area (Å²) in [5.41, 5.74) is 9.88. The van der Waals surface area contributed by atoms with Gasteiger partial charge in [0.1, 0.15) is 0 Å². The van der Waals surface area contributed by atoms with Crippen molar-refractivity contribution < 1.29 is 0 Å². The molecule has 0 fully saturated rings. The summed E-state index contributed by atoms with van der Waals surface area (Å²) in [6, 6.07) is 18.8. The van der Waals surface area contributed by atoms with E-state index >= 15 is 0 Å². The Morgan fingerprint density at radius 2 is 1.61 bits per heavy atom. The molecule has 94 valence electrons. The van der Waals surface area contributed by atoms with Gasteiger partial charge in [-0.3, -0.25) is 0 Å². The smallest absolute Gasteiger partial charge is 0.0473 e. The summed E-state index contributed by atoms with van der Waals surface area (Å²) < 4.78 is 0. The molecule has 18 heavy (non-hydrogen) atoms. The summed E-state index contributed by atoms with van der Waals surface area (Å²) in [7, 11) is 2.08. The van der Waals surface area contributed by atoms with Gasteiger partial charge >= 0.3 is 0 Å². The standard InChI is InChI=1S/C16H20N2/c1-13-8-10-15(11-9-13)18(2)12-16(17)14-6-4-3-5-7-14/h3-11,16H,12,17H2,1-2H3. The highest BCUT2D eigenvalue weighted by Gasteiger charge is 2.09. The third-order valence-corrected chi connectivity index (χ3v) is 3.17.